The van der Waals surface area contributed by atoms with Gasteiger partial charge in [-0.1, -0.05) is 19.1 Å². The van der Waals surface area contributed by atoms with E-state index in [1.807, 2.05) is 12.3 Å². The molecule has 0 bridgehead atoms. The van der Waals surface area contributed by atoms with E-state index in [1.54, 1.807) is 7.11 Å². The summed E-state index contributed by atoms with van der Waals surface area (Å²) in [6.07, 6.45) is 4.18. The molecular weight excluding hydrogens is 260 g/mol. The highest BCUT2D eigenvalue weighted by Crippen LogP contribution is 2.38. The molecule has 0 spiro atoms. The summed E-state index contributed by atoms with van der Waals surface area (Å²) in [4.78, 5) is 4.63. The lowest BCUT2D eigenvalue weighted by Crippen LogP contribution is -2.15. The van der Waals surface area contributed by atoms with Crippen molar-refractivity contribution < 1.29 is 4.74 Å². The van der Waals surface area contributed by atoms with Crippen molar-refractivity contribution in [3.8, 4) is 5.75 Å². The molecule has 1 aromatic carbocycles. The number of nitrogens with zero attached hydrogens (tertiary/aromatic N) is 1. The molecule has 3 rings (SSSR count). The van der Waals surface area contributed by atoms with Crippen molar-refractivity contribution >= 4 is 0 Å². The van der Waals surface area contributed by atoms with Gasteiger partial charge in [0.25, 0.3) is 0 Å². The monoisotopic (exact) mass is 282 g/mol. The van der Waals surface area contributed by atoms with Crippen LogP contribution in [-0.2, 0) is 13.0 Å². The summed E-state index contributed by atoms with van der Waals surface area (Å²) >= 11 is 0. The van der Waals surface area contributed by atoms with Crippen molar-refractivity contribution in [3.05, 3.63) is 58.9 Å². The second-order valence-corrected chi connectivity index (χ2v) is 5.48. The summed E-state index contributed by atoms with van der Waals surface area (Å²) in [5, 5.41) is 3.43. The van der Waals surface area contributed by atoms with E-state index in [0.717, 1.165) is 31.7 Å². The van der Waals surface area contributed by atoms with Gasteiger partial charge >= 0.3 is 0 Å². The Kier molecular flexibility index (Phi) is 4.20. The quantitative estimate of drug-likeness (QED) is 0.914. The van der Waals surface area contributed by atoms with E-state index >= 15 is 0 Å². The SMILES string of the molecule is CCNCc1cc(OC)ccc1C1CCc2cccnc21. The first-order valence-electron chi connectivity index (χ1n) is 7.64. The Morgan fingerprint density at radius 1 is 1.33 bits per heavy atom. The Balaban J connectivity index is 1.98. The Morgan fingerprint density at radius 3 is 3.05 bits per heavy atom. The number of nitrogens with one attached hydrogen (secondary N) is 1. The maximum atomic E-state index is 5.38. The number of ether oxygens (including phenoxy) is 1. The molecule has 1 atom stereocenters. The zero-order valence-corrected chi connectivity index (χ0v) is 12.7. The molecule has 0 saturated heterocycles. The Labute approximate surface area is 126 Å². The summed E-state index contributed by atoms with van der Waals surface area (Å²) in [6, 6.07) is 10.7. The van der Waals surface area contributed by atoms with Gasteiger partial charge in [0.15, 0.2) is 0 Å². The van der Waals surface area contributed by atoms with E-state index < -0.39 is 0 Å². The van der Waals surface area contributed by atoms with Crippen molar-refractivity contribution in [1.29, 1.82) is 0 Å². The molecule has 1 aliphatic rings. The van der Waals surface area contributed by atoms with Crippen LogP contribution < -0.4 is 10.1 Å². The average molecular weight is 282 g/mol. The Bertz CT molecular complexity index is 624. The van der Waals surface area contributed by atoms with Crippen molar-refractivity contribution in [2.75, 3.05) is 13.7 Å². The molecule has 0 aliphatic heterocycles. The fraction of sp³-hybridized carbons (Fsp3) is 0.389. The lowest BCUT2D eigenvalue weighted by atomic mass is 9.91. The van der Waals surface area contributed by atoms with Gasteiger partial charge in [-0.3, -0.25) is 4.98 Å². The number of aromatic nitrogens is 1. The topological polar surface area (TPSA) is 34.1 Å². The average Bonchev–Trinajstić information content (AvgIpc) is 2.96. The van der Waals surface area contributed by atoms with Gasteiger partial charge in [-0.2, -0.15) is 0 Å². The number of hydrogen-bond donors (Lipinski definition) is 1. The van der Waals surface area contributed by atoms with Crippen LogP contribution in [0.4, 0.5) is 0 Å². The number of rotatable bonds is 5. The minimum atomic E-state index is 0.417. The summed E-state index contributed by atoms with van der Waals surface area (Å²) in [5.74, 6) is 1.34. The van der Waals surface area contributed by atoms with Crippen LogP contribution in [0.2, 0.25) is 0 Å². The van der Waals surface area contributed by atoms with Crippen LogP contribution in [0.25, 0.3) is 0 Å². The van der Waals surface area contributed by atoms with Crippen molar-refractivity contribution in [1.82, 2.24) is 10.3 Å². The van der Waals surface area contributed by atoms with Crippen molar-refractivity contribution in [2.45, 2.75) is 32.2 Å². The molecule has 3 nitrogen and oxygen atoms in total. The molecule has 1 aromatic heterocycles. The normalized spacial score (nSPS) is 16.8. The minimum Gasteiger partial charge on any atom is -0.497 e. The predicted octanol–water partition coefficient (Wildman–Crippen LogP) is 3.28. The number of pyridine rings is 1. The number of hydrogen-bond acceptors (Lipinski definition) is 3. The summed E-state index contributed by atoms with van der Waals surface area (Å²) in [5.41, 5.74) is 5.35. The van der Waals surface area contributed by atoms with Gasteiger partial charge in [0.2, 0.25) is 0 Å². The van der Waals surface area contributed by atoms with E-state index in [4.69, 9.17) is 4.74 Å². The van der Waals surface area contributed by atoms with Gasteiger partial charge in [-0.05, 0) is 54.3 Å². The Hall–Kier alpha value is -1.87. The number of methoxy groups -OCH3 is 1. The standard InChI is InChI=1S/C18H22N2O/c1-3-19-12-14-11-15(21-2)7-9-16(14)17-8-6-13-5-4-10-20-18(13)17/h4-5,7,9-11,17,19H,3,6,8,12H2,1-2H3. The number of fused-ring (bicyclic) bond motifs is 1. The zero-order valence-electron chi connectivity index (χ0n) is 12.7. The molecule has 21 heavy (non-hydrogen) atoms. The third-order valence-corrected chi connectivity index (χ3v) is 4.25. The van der Waals surface area contributed by atoms with Gasteiger partial charge in [0.1, 0.15) is 5.75 Å². The third-order valence-electron chi connectivity index (χ3n) is 4.25. The van der Waals surface area contributed by atoms with E-state index in [0.29, 0.717) is 5.92 Å². The number of aryl methyl sites for hydroxylation is 1. The fourth-order valence-corrected chi connectivity index (χ4v) is 3.18. The molecule has 1 N–H and O–H groups in total. The second kappa shape index (κ2) is 6.27. The first-order chi connectivity index (χ1) is 10.3. The molecule has 2 aromatic rings. The van der Waals surface area contributed by atoms with Crippen molar-refractivity contribution in [2.24, 2.45) is 0 Å². The number of benzene rings is 1. The summed E-state index contributed by atoms with van der Waals surface area (Å²) in [7, 11) is 1.72. The zero-order chi connectivity index (χ0) is 14.7. The van der Waals surface area contributed by atoms with Crippen LogP contribution in [-0.4, -0.2) is 18.6 Å². The fourth-order valence-electron chi connectivity index (χ4n) is 3.18. The molecular formula is C18H22N2O. The van der Waals surface area contributed by atoms with E-state index in [-0.39, 0.29) is 0 Å². The van der Waals surface area contributed by atoms with Gasteiger partial charge in [-0.25, -0.2) is 0 Å². The highest BCUT2D eigenvalue weighted by Gasteiger charge is 2.26. The largest absolute Gasteiger partial charge is 0.497 e. The summed E-state index contributed by atoms with van der Waals surface area (Å²) in [6.45, 7) is 3.98. The highest BCUT2D eigenvalue weighted by atomic mass is 16.5. The van der Waals surface area contributed by atoms with Gasteiger partial charge in [0.05, 0.1) is 12.8 Å². The molecule has 1 aliphatic carbocycles. The smallest absolute Gasteiger partial charge is 0.119 e. The van der Waals surface area contributed by atoms with Crippen LogP contribution in [0.1, 0.15) is 41.6 Å². The maximum absolute atomic E-state index is 5.38. The van der Waals surface area contributed by atoms with E-state index in [9.17, 15) is 0 Å². The second-order valence-electron chi connectivity index (χ2n) is 5.48. The molecule has 0 radical (unpaired) electrons. The van der Waals surface area contributed by atoms with Crippen LogP contribution >= 0.6 is 0 Å². The first kappa shape index (κ1) is 14.1. The minimum absolute atomic E-state index is 0.417. The summed E-state index contributed by atoms with van der Waals surface area (Å²) < 4.78 is 5.38. The maximum Gasteiger partial charge on any atom is 0.119 e. The first-order valence-corrected chi connectivity index (χ1v) is 7.64. The van der Waals surface area contributed by atoms with Crippen LogP contribution in [0.5, 0.6) is 5.75 Å². The van der Waals surface area contributed by atoms with E-state index in [1.165, 1.54) is 22.4 Å². The Morgan fingerprint density at radius 2 is 2.24 bits per heavy atom. The molecule has 1 unspecified atom stereocenters. The molecule has 1 heterocycles. The van der Waals surface area contributed by atoms with E-state index in [2.05, 4.69) is 41.5 Å². The molecule has 110 valence electrons. The third kappa shape index (κ3) is 2.79. The molecule has 0 saturated carbocycles. The van der Waals surface area contributed by atoms with Crippen LogP contribution in [0, 0.1) is 0 Å². The molecule has 3 heteroatoms. The van der Waals surface area contributed by atoms with Crippen LogP contribution in [0.15, 0.2) is 36.5 Å². The molecule has 0 fully saturated rings. The van der Waals surface area contributed by atoms with Crippen molar-refractivity contribution in [3.63, 3.8) is 0 Å². The van der Waals surface area contributed by atoms with Gasteiger partial charge < -0.3 is 10.1 Å². The molecule has 0 amide bonds. The lowest BCUT2D eigenvalue weighted by molar-refractivity contribution is 0.413. The van der Waals surface area contributed by atoms with Crippen LogP contribution in [0.3, 0.4) is 0 Å². The van der Waals surface area contributed by atoms with Gasteiger partial charge in [0, 0.05) is 18.7 Å². The van der Waals surface area contributed by atoms with Gasteiger partial charge in [-0.15, -0.1) is 0 Å². The lowest BCUT2D eigenvalue weighted by Gasteiger charge is -2.17. The predicted molar refractivity (Wildman–Crippen MR) is 84.8 cm³/mol. The highest BCUT2D eigenvalue weighted by molar-refractivity contribution is 5.44.